The molecule has 1 heterocycles. The summed E-state index contributed by atoms with van der Waals surface area (Å²) in [5.41, 5.74) is 2.56. The number of aromatic nitrogens is 2. The molecule has 154 valence electrons. The minimum Gasteiger partial charge on any atom is -0.494 e. The Hall–Kier alpha value is -3.18. The van der Waals surface area contributed by atoms with Crippen molar-refractivity contribution in [2.24, 2.45) is 0 Å². The molecule has 0 atom stereocenters. The van der Waals surface area contributed by atoms with Crippen molar-refractivity contribution in [2.45, 2.75) is 19.5 Å². The van der Waals surface area contributed by atoms with E-state index < -0.39 is 0 Å². The van der Waals surface area contributed by atoms with Gasteiger partial charge in [-0.25, -0.2) is 0 Å². The number of rotatable bonds is 9. The molecule has 0 spiro atoms. The van der Waals surface area contributed by atoms with Gasteiger partial charge in [0.1, 0.15) is 18.1 Å². The number of para-hydroxylation sites is 3. The summed E-state index contributed by atoms with van der Waals surface area (Å²) in [4.78, 5) is 0. The lowest BCUT2D eigenvalue weighted by Crippen LogP contribution is -2.27. The minimum absolute atomic E-state index is 0.472. The van der Waals surface area contributed by atoms with Crippen LogP contribution in [-0.2, 0) is 13.1 Å². The number of hydrogen-bond donors (Lipinski definition) is 1. The van der Waals surface area contributed by atoms with Crippen LogP contribution in [-0.4, -0.2) is 22.3 Å². The van der Waals surface area contributed by atoms with Gasteiger partial charge in [0.2, 0.25) is 5.62 Å². The van der Waals surface area contributed by atoms with E-state index in [0.717, 1.165) is 29.0 Å². The maximum atomic E-state index is 8.70. The number of fused-ring (bicyclic) bond motifs is 1. The second kappa shape index (κ2) is 9.55. The summed E-state index contributed by atoms with van der Waals surface area (Å²) in [5.74, 6) is 1.64. The molecule has 4 aromatic rings. The average Bonchev–Trinajstić information content (AvgIpc) is 3.04. The van der Waals surface area contributed by atoms with Gasteiger partial charge in [-0.3, -0.25) is 5.41 Å². The van der Waals surface area contributed by atoms with Gasteiger partial charge in [-0.15, -0.1) is 0 Å². The molecule has 0 fully saturated rings. The molecular formula is C24H24ClN3O2. The molecule has 0 aliphatic rings. The van der Waals surface area contributed by atoms with Gasteiger partial charge in [-0.1, -0.05) is 41.9 Å². The van der Waals surface area contributed by atoms with Crippen LogP contribution in [0.15, 0.2) is 78.9 Å². The lowest BCUT2D eigenvalue weighted by Gasteiger charge is -2.08. The molecule has 0 saturated heterocycles. The zero-order valence-electron chi connectivity index (χ0n) is 16.6. The number of imidazole rings is 1. The molecule has 1 N–H and O–H groups in total. The molecule has 4 rings (SSSR count). The van der Waals surface area contributed by atoms with E-state index in [9.17, 15) is 0 Å². The second-order valence-electron chi connectivity index (χ2n) is 6.93. The van der Waals surface area contributed by atoms with Gasteiger partial charge in [0.25, 0.3) is 0 Å². The fourth-order valence-corrected chi connectivity index (χ4v) is 3.59. The molecule has 0 aliphatic carbocycles. The zero-order chi connectivity index (χ0) is 20.8. The van der Waals surface area contributed by atoms with Gasteiger partial charge in [0.05, 0.1) is 24.2 Å². The third-order valence-corrected chi connectivity index (χ3v) is 5.16. The highest BCUT2D eigenvalue weighted by Crippen LogP contribution is 2.17. The Kier molecular flexibility index (Phi) is 6.40. The molecule has 0 saturated carbocycles. The molecule has 30 heavy (non-hydrogen) atoms. The normalized spacial score (nSPS) is 11.0. The SMILES string of the molecule is N=c1n(CCCOc2ccc(Cl)cc2)c2ccccc2n1CCOc1ccccc1. The predicted octanol–water partition coefficient (Wildman–Crippen LogP) is 5.12. The van der Waals surface area contributed by atoms with Crippen LogP contribution in [0.2, 0.25) is 5.02 Å². The van der Waals surface area contributed by atoms with Crippen molar-refractivity contribution in [2.75, 3.05) is 13.2 Å². The van der Waals surface area contributed by atoms with Crippen LogP contribution in [0.5, 0.6) is 11.5 Å². The van der Waals surface area contributed by atoms with Gasteiger partial charge in [0, 0.05) is 11.6 Å². The summed E-state index contributed by atoms with van der Waals surface area (Å²) < 4.78 is 15.7. The van der Waals surface area contributed by atoms with Crippen molar-refractivity contribution < 1.29 is 9.47 Å². The Balaban J connectivity index is 1.42. The fraction of sp³-hybridized carbons (Fsp3) is 0.208. The summed E-state index contributed by atoms with van der Waals surface area (Å²) in [7, 11) is 0. The van der Waals surface area contributed by atoms with E-state index in [2.05, 4.69) is 12.1 Å². The van der Waals surface area contributed by atoms with Gasteiger partial charge >= 0.3 is 0 Å². The molecule has 0 unspecified atom stereocenters. The molecule has 0 amide bonds. The Labute approximate surface area is 180 Å². The van der Waals surface area contributed by atoms with Crippen LogP contribution in [0.4, 0.5) is 0 Å². The third-order valence-electron chi connectivity index (χ3n) is 4.91. The summed E-state index contributed by atoms with van der Waals surface area (Å²) in [5, 5.41) is 9.39. The van der Waals surface area contributed by atoms with E-state index in [-0.39, 0.29) is 0 Å². The van der Waals surface area contributed by atoms with Gasteiger partial charge in [-0.05, 0) is 55.0 Å². The van der Waals surface area contributed by atoms with Crippen molar-refractivity contribution >= 4 is 22.6 Å². The molecular weight excluding hydrogens is 398 g/mol. The first kappa shape index (κ1) is 20.1. The number of nitrogens with zero attached hydrogens (tertiary/aromatic N) is 2. The molecule has 0 aliphatic heterocycles. The quantitative estimate of drug-likeness (QED) is 0.381. The molecule has 1 aromatic heterocycles. The van der Waals surface area contributed by atoms with Gasteiger partial charge < -0.3 is 18.6 Å². The summed E-state index contributed by atoms with van der Waals surface area (Å²) in [6.07, 6.45) is 0.799. The molecule has 6 heteroatoms. The van der Waals surface area contributed by atoms with Crippen LogP contribution in [0.3, 0.4) is 0 Å². The second-order valence-corrected chi connectivity index (χ2v) is 7.37. The molecule has 3 aromatic carbocycles. The Morgan fingerprint density at radius 1 is 0.667 bits per heavy atom. The zero-order valence-corrected chi connectivity index (χ0v) is 17.4. The van der Waals surface area contributed by atoms with Crippen LogP contribution in [0, 0.1) is 5.41 Å². The van der Waals surface area contributed by atoms with E-state index in [4.69, 9.17) is 26.5 Å². The molecule has 0 bridgehead atoms. The Morgan fingerprint density at radius 3 is 1.93 bits per heavy atom. The van der Waals surface area contributed by atoms with Crippen LogP contribution < -0.4 is 15.1 Å². The Bertz CT molecular complexity index is 1150. The largest absolute Gasteiger partial charge is 0.494 e. The number of aryl methyl sites for hydroxylation is 1. The Morgan fingerprint density at radius 2 is 1.23 bits per heavy atom. The highest BCUT2D eigenvalue weighted by Gasteiger charge is 2.10. The molecule has 0 radical (unpaired) electrons. The van der Waals surface area contributed by atoms with E-state index >= 15 is 0 Å². The summed E-state index contributed by atoms with van der Waals surface area (Å²) in [6, 6.07) is 25.2. The number of nitrogens with one attached hydrogen (secondary N) is 1. The first-order chi connectivity index (χ1) is 14.7. The number of benzene rings is 3. The van der Waals surface area contributed by atoms with Crippen molar-refractivity contribution in [1.29, 1.82) is 5.41 Å². The molecule has 5 nitrogen and oxygen atoms in total. The highest BCUT2D eigenvalue weighted by atomic mass is 35.5. The van der Waals surface area contributed by atoms with Crippen LogP contribution in [0.1, 0.15) is 6.42 Å². The lowest BCUT2D eigenvalue weighted by molar-refractivity contribution is 0.292. The fourth-order valence-electron chi connectivity index (χ4n) is 3.46. The lowest BCUT2D eigenvalue weighted by atomic mass is 10.3. The van der Waals surface area contributed by atoms with E-state index in [1.165, 1.54) is 0 Å². The number of hydrogen-bond acceptors (Lipinski definition) is 3. The van der Waals surface area contributed by atoms with E-state index in [0.29, 0.717) is 36.9 Å². The maximum absolute atomic E-state index is 8.70. The smallest absolute Gasteiger partial charge is 0.203 e. The highest BCUT2D eigenvalue weighted by molar-refractivity contribution is 6.30. The van der Waals surface area contributed by atoms with Crippen LogP contribution in [0.25, 0.3) is 11.0 Å². The van der Waals surface area contributed by atoms with E-state index in [1.807, 2.05) is 75.9 Å². The van der Waals surface area contributed by atoms with Crippen molar-refractivity contribution in [3.63, 3.8) is 0 Å². The first-order valence-electron chi connectivity index (χ1n) is 10.0. The monoisotopic (exact) mass is 421 g/mol. The van der Waals surface area contributed by atoms with Gasteiger partial charge in [0.15, 0.2) is 0 Å². The summed E-state index contributed by atoms with van der Waals surface area (Å²) in [6.45, 7) is 2.40. The summed E-state index contributed by atoms with van der Waals surface area (Å²) >= 11 is 5.91. The van der Waals surface area contributed by atoms with E-state index in [1.54, 1.807) is 0 Å². The van der Waals surface area contributed by atoms with Gasteiger partial charge in [-0.2, -0.15) is 0 Å². The minimum atomic E-state index is 0.472. The van der Waals surface area contributed by atoms with Crippen molar-refractivity contribution in [3.8, 4) is 11.5 Å². The third kappa shape index (κ3) is 4.69. The average molecular weight is 422 g/mol. The van der Waals surface area contributed by atoms with Crippen LogP contribution >= 0.6 is 11.6 Å². The maximum Gasteiger partial charge on any atom is 0.203 e. The number of halogens is 1. The predicted molar refractivity (Wildman–Crippen MR) is 119 cm³/mol. The van der Waals surface area contributed by atoms with Crippen molar-refractivity contribution in [1.82, 2.24) is 9.13 Å². The topological polar surface area (TPSA) is 52.2 Å². The first-order valence-corrected chi connectivity index (χ1v) is 10.4. The van der Waals surface area contributed by atoms with Crippen molar-refractivity contribution in [3.05, 3.63) is 89.5 Å². The standard InChI is InChI=1S/C24H24ClN3O2/c25-19-11-13-21(14-12-19)29-17-6-15-27-22-9-4-5-10-23(22)28(24(27)26)16-18-30-20-7-2-1-3-8-20/h1-5,7-14,26H,6,15-18H2. The number of ether oxygens (including phenoxy) is 2.